The van der Waals surface area contributed by atoms with Crippen LogP contribution >= 0.6 is 0 Å². The van der Waals surface area contributed by atoms with Gasteiger partial charge in [-0.25, -0.2) is 13.7 Å². The molecular weight excluding hydrogens is 546 g/mol. The van der Waals surface area contributed by atoms with Gasteiger partial charge in [-0.1, -0.05) is 24.3 Å². The fourth-order valence-electron chi connectivity index (χ4n) is 4.74. The zero-order chi connectivity index (χ0) is 29.3. The lowest BCUT2D eigenvalue weighted by molar-refractivity contribution is -0.140. The van der Waals surface area contributed by atoms with Gasteiger partial charge in [-0.3, -0.25) is 9.59 Å². The van der Waals surface area contributed by atoms with Gasteiger partial charge in [-0.2, -0.15) is 18.3 Å². The molecule has 1 N–H and O–H groups in total. The minimum Gasteiger partial charge on any atom is -0.497 e. The van der Waals surface area contributed by atoms with Crippen molar-refractivity contribution < 1.29 is 27.0 Å². The van der Waals surface area contributed by atoms with Gasteiger partial charge in [0.15, 0.2) is 5.82 Å². The molecule has 2 aromatic heterocycles. The molecular formula is C28H27F4N5O4. The molecule has 9 nitrogen and oxygen atoms in total. The maximum atomic E-state index is 15.0. The number of anilines is 1. The summed E-state index contributed by atoms with van der Waals surface area (Å²) in [5.41, 5.74) is -1.88. The molecule has 0 bridgehead atoms. The van der Waals surface area contributed by atoms with Crippen LogP contribution in [0.4, 0.5) is 23.4 Å². The van der Waals surface area contributed by atoms with E-state index in [1.165, 1.54) is 37.0 Å². The lowest BCUT2D eigenvalue weighted by Gasteiger charge is -2.30. The van der Waals surface area contributed by atoms with Crippen LogP contribution in [0.15, 0.2) is 64.3 Å². The van der Waals surface area contributed by atoms with E-state index in [2.05, 4.69) is 10.4 Å². The highest BCUT2D eigenvalue weighted by Crippen LogP contribution is 2.34. The van der Waals surface area contributed by atoms with Crippen molar-refractivity contribution in [2.75, 3.05) is 43.7 Å². The molecule has 2 aromatic carbocycles. The van der Waals surface area contributed by atoms with E-state index in [1.54, 1.807) is 29.3 Å². The number of halogens is 4. The zero-order valence-electron chi connectivity index (χ0n) is 22.2. The predicted molar refractivity (Wildman–Crippen MR) is 145 cm³/mol. The normalized spacial score (nSPS) is 14.7. The lowest BCUT2D eigenvalue weighted by Crippen LogP contribution is -2.48. The molecule has 1 saturated heterocycles. The summed E-state index contributed by atoms with van der Waals surface area (Å²) in [6.07, 6.45) is -3.41. The Morgan fingerprint density at radius 3 is 2.44 bits per heavy atom. The Bertz CT molecular complexity index is 1680. The number of methoxy groups -OCH3 is 1. The molecule has 0 amide bonds. The number of hydrogen-bond donors (Lipinski definition) is 1. The third-order valence-electron chi connectivity index (χ3n) is 6.91. The number of benzene rings is 2. The van der Waals surface area contributed by atoms with E-state index in [9.17, 15) is 27.2 Å². The molecule has 0 radical (unpaired) electrons. The Kier molecular flexibility index (Phi) is 7.72. The molecule has 0 spiro atoms. The molecule has 41 heavy (non-hydrogen) atoms. The third kappa shape index (κ3) is 5.75. The summed E-state index contributed by atoms with van der Waals surface area (Å²) in [6, 6.07) is 10.2. The third-order valence-corrected chi connectivity index (χ3v) is 6.91. The van der Waals surface area contributed by atoms with Gasteiger partial charge in [-0.15, -0.1) is 0 Å². The monoisotopic (exact) mass is 573 g/mol. The van der Waals surface area contributed by atoms with Gasteiger partial charge in [-0.05, 0) is 30.7 Å². The molecule has 0 saturated carbocycles. The van der Waals surface area contributed by atoms with Crippen molar-refractivity contribution in [3.63, 3.8) is 0 Å². The van der Waals surface area contributed by atoms with Crippen LogP contribution in [0.25, 0.3) is 10.8 Å². The standard InChI is InChI=1S/C28H27F4N5O4/c1-17(20-4-3-5-23(25(20)29)28(30,31)32)33-26-22-16-37(35-10-12-41-13-11-35)24(38)14-21(22)27(39)36(34-26)15-18-6-8-19(40-2)9-7-18/h3-9,14,16-17H,10-13,15H2,1-2H3,(H,33,34)/t17-/m1/s1. The van der Waals surface area contributed by atoms with Crippen LogP contribution in [0.2, 0.25) is 0 Å². The molecule has 4 aromatic rings. The minimum atomic E-state index is -4.87. The van der Waals surface area contributed by atoms with Crippen molar-refractivity contribution in [3.05, 3.63) is 97.9 Å². The second kappa shape index (κ2) is 11.2. The summed E-state index contributed by atoms with van der Waals surface area (Å²) in [6.45, 7) is 3.20. The van der Waals surface area contributed by atoms with Gasteiger partial charge in [0.25, 0.3) is 11.1 Å². The second-order valence-corrected chi connectivity index (χ2v) is 9.58. The second-order valence-electron chi connectivity index (χ2n) is 9.58. The summed E-state index contributed by atoms with van der Waals surface area (Å²) in [4.78, 5) is 26.6. The van der Waals surface area contributed by atoms with Crippen molar-refractivity contribution in [2.45, 2.75) is 25.7 Å². The van der Waals surface area contributed by atoms with E-state index in [1.807, 2.05) is 0 Å². The minimum absolute atomic E-state index is 0.0340. The Labute approximate surface area is 231 Å². The molecule has 1 atom stereocenters. The fraction of sp³-hybridized carbons (Fsp3) is 0.321. The van der Waals surface area contributed by atoms with Gasteiger partial charge < -0.3 is 19.8 Å². The van der Waals surface area contributed by atoms with Crippen LogP contribution in [0.3, 0.4) is 0 Å². The van der Waals surface area contributed by atoms with E-state index in [4.69, 9.17) is 9.47 Å². The maximum absolute atomic E-state index is 15.0. The SMILES string of the molecule is COc1ccc(Cn2nc(N[C@H](C)c3cccc(C(F)(F)F)c3F)c3cn(N4CCOCC4)c(=O)cc3c2=O)cc1. The Balaban J connectivity index is 1.62. The predicted octanol–water partition coefficient (Wildman–Crippen LogP) is 3.91. The molecule has 5 rings (SSSR count). The highest BCUT2D eigenvalue weighted by Gasteiger charge is 2.35. The van der Waals surface area contributed by atoms with E-state index in [0.717, 1.165) is 10.7 Å². The number of rotatable bonds is 7. The van der Waals surface area contributed by atoms with Crippen molar-refractivity contribution in [1.82, 2.24) is 14.5 Å². The first-order valence-electron chi connectivity index (χ1n) is 12.8. The number of nitrogens with one attached hydrogen (secondary N) is 1. The summed E-state index contributed by atoms with van der Waals surface area (Å²) >= 11 is 0. The van der Waals surface area contributed by atoms with Gasteiger partial charge in [0.2, 0.25) is 0 Å². The van der Waals surface area contributed by atoms with Crippen LogP contribution < -0.4 is 26.2 Å². The number of fused-ring (bicyclic) bond motifs is 1. The van der Waals surface area contributed by atoms with Gasteiger partial charge in [0, 0.05) is 17.8 Å². The molecule has 3 heterocycles. The van der Waals surface area contributed by atoms with Gasteiger partial charge >= 0.3 is 6.18 Å². The van der Waals surface area contributed by atoms with Crippen molar-refractivity contribution in [2.24, 2.45) is 0 Å². The van der Waals surface area contributed by atoms with Crippen LogP contribution in [0, 0.1) is 5.82 Å². The van der Waals surface area contributed by atoms with Crippen molar-refractivity contribution >= 4 is 16.6 Å². The first-order valence-corrected chi connectivity index (χ1v) is 12.8. The fourth-order valence-corrected chi connectivity index (χ4v) is 4.74. The smallest absolute Gasteiger partial charge is 0.419 e. The average molecular weight is 574 g/mol. The van der Waals surface area contributed by atoms with Gasteiger partial charge in [0.05, 0.1) is 62.3 Å². The topological polar surface area (TPSA) is 90.6 Å². The number of pyridine rings is 1. The Morgan fingerprint density at radius 2 is 1.78 bits per heavy atom. The van der Waals surface area contributed by atoms with Crippen LogP contribution in [0.1, 0.15) is 29.7 Å². The van der Waals surface area contributed by atoms with Crippen LogP contribution in [-0.4, -0.2) is 47.9 Å². The Hall–Kier alpha value is -4.39. The Morgan fingerprint density at radius 1 is 1.07 bits per heavy atom. The van der Waals surface area contributed by atoms with Crippen molar-refractivity contribution in [3.8, 4) is 5.75 Å². The zero-order valence-corrected chi connectivity index (χ0v) is 22.2. The first-order chi connectivity index (χ1) is 19.6. The number of morpholine rings is 1. The average Bonchev–Trinajstić information content (AvgIpc) is 2.95. The summed E-state index contributed by atoms with van der Waals surface area (Å²) < 4.78 is 68.2. The van der Waals surface area contributed by atoms with Gasteiger partial charge in [0.1, 0.15) is 11.6 Å². The number of alkyl halides is 3. The highest BCUT2D eigenvalue weighted by molar-refractivity contribution is 5.90. The highest BCUT2D eigenvalue weighted by atomic mass is 19.4. The number of nitrogens with zero attached hydrogens (tertiary/aromatic N) is 4. The first kappa shape index (κ1) is 28.1. The quantitative estimate of drug-likeness (QED) is 0.336. The molecule has 1 aliphatic heterocycles. The number of hydrogen-bond acceptors (Lipinski definition) is 7. The van der Waals surface area contributed by atoms with E-state index < -0.39 is 34.7 Å². The van der Waals surface area contributed by atoms with Crippen LogP contribution in [0.5, 0.6) is 5.75 Å². The van der Waals surface area contributed by atoms with E-state index in [0.29, 0.717) is 43.7 Å². The maximum Gasteiger partial charge on any atom is 0.419 e. The van der Waals surface area contributed by atoms with E-state index >= 15 is 0 Å². The van der Waals surface area contributed by atoms with Crippen molar-refractivity contribution in [1.29, 1.82) is 0 Å². The molecule has 13 heteroatoms. The molecule has 1 aliphatic rings. The number of ether oxygens (including phenoxy) is 2. The summed E-state index contributed by atoms with van der Waals surface area (Å²) in [5, 5.41) is 9.54. The summed E-state index contributed by atoms with van der Waals surface area (Å²) in [7, 11) is 1.53. The molecule has 1 fully saturated rings. The largest absolute Gasteiger partial charge is 0.497 e. The summed E-state index contributed by atoms with van der Waals surface area (Å²) in [5.74, 6) is -0.684. The molecule has 0 unspecified atom stereocenters. The van der Waals surface area contributed by atoms with E-state index in [-0.39, 0.29) is 28.7 Å². The molecule has 0 aliphatic carbocycles. The van der Waals surface area contributed by atoms with Crippen LogP contribution in [-0.2, 0) is 17.5 Å². The number of aromatic nitrogens is 3. The molecule has 216 valence electrons. The lowest BCUT2D eigenvalue weighted by atomic mass is 10.0.